The van der Waals surface area contributed by atoms with Crippen molar-refractivity contribution >= 4 is 37.5 Å². The molecule has 16 heavy (non-hydrogen) atoms. The van der Waals surface area contributed by atoms with Crippen LogP contribution in [-0.4, -0.2) is 16.8 Å². The molecule has 0 fully saturated rings. The van der Waals surface area contributed by atoms with Crippen molar-refractivity contribution in [3.8, 4) is 0 Å². The van der Waals surface area contributed by atoms with Crippen LogP contribution in [-0.2, 0) is 20.2 Å². The van der Waals surface area contributed by atoms with E-state index in [4.69, 9.17) is 21.9 Å². The van der Waals surface area contributed by atoms with Crippen molar-refractivity contribution in [2.24, 2.45) is 10.3 Å². The molecule has 0 aromatic heterocycles. The van der Waals surface area contributed by atoms with E-state index >= 15 is 0 Å². The fraction of sp³-hybridized carbons (Fsp3) is 0. The molecule has 0 spiro atoms. The molecule has 0 bridgehead atoms. The molecule has 1 rings (SSSR count). The number of sulfonamides is 1. The average Bonchev–Trinajstić information content (AvgIpc) is 2.04. The van der Waals surface area contributed by atoms with E-state index in [2.05, 4.69) is 0 Å². The second-order valence-corrected chi connectivity index (χ2v) is 6.07. The van der Waals surface area contributed by atoms with Gasteiger partial charge in [-0.3, -0.25) is 4.72 Å². The summed E-state index contributed by atoms with van der Waals surface area (Å²) in [6, 6.07) is 3.41. The molecule has 5 N–H and O–H groups in total. The monoisotopic (exact) mass is 285 g/mol. The van der Waals surface area contributed by atoms with Crippen molar-refractivity contribution in [1.82, 2.24) is 0 Å². The van der Waals surface area contributed by atoms with Crippen molar-refractivity contribution in [2.45, 2.75) is 4.90 Å². The van der Waals surface area contributed by atoms with Gasteiger partial charge in [0.1, 0.15) is 4.90 Å². The van der Waals surface area contributed by atoms with Crippen molar-refractivity contribution in [1.29, 1.82) is 0 Å². The van der Waals surface area contributed by atoms with Crippen molar-refractivity contribution in [3.05, 3.63) is 23.2 Å². The summed E-state index contributed by atoms with van der Waals surface area (Å²) in [6.45, 7) is 0. The first-order chi connectivity index (χ1) is 7.09. The summed E-state index contributed by atoms with van der Waals surface area (Å²) in [7, 11) is -8.00. The molecule has 0 radical (unpaired) electrons. The van der Waals surface area contributed by atoms with Crippen molar-refractivity contribution in [2.75, 3.05) is 4.72 Å². The third-order valence-corrected chi connectivity index (χ3v) is 3.41. The Labute approximate surface area is 97.6 Å². The minimum absolute atomic E-state index is 0.0454. The first kappa shape index (κ1) is 13.2. The van der Waals surface area contributed by atoms with Crippen LogP contribution in [0, 0.1) is 0 Å². The van der Waals surface area contributed by atoms with Gasteiger partial charge in [-0.1, -0.05) is 11.6 Å². The van der Waals surface area contributed by atoms with Gasteiger partial charge in [-0.2, -0.15) is 8.42 Å². The van der Waals surface area contributed by atoms with E-state index in [9.17, 15) is 16.8 Å². The normalized spacial score (nSPS) is 12.4. The van der Waals surface area contributed by atoms with Crippen LogP contribution < -0.4 is 15.0 Å². The summed E-state index contributed by atoms with van der Waals surface area (Å²) in [5.41, 5.74) is -0.0454. The van der Waals surface area contributed by atoms with E-state index in [0.29, 0.717) is 0 Å². The first-order valence-electron chi connectivity index (χ1n) is 3.72. The standard InChI is InChI=1S/C6H8ClN3O4S2/c7-5-2-1-4(10-16(9,13)14)3-6(5)15(8,11)12/h1-3,10H,(H2,8,11,12)(H2,9,13,14). The maximum Gasteiger partial charge on any atom is 0.296 e. The summed E-state index contributed by atoms with van der Waals surface area (Å²) in [6.07, 6.45) is 0. The largest absolute Gasteiger partial charge is 0.296 e. The van der Waals surface area contributed by atoms with E-state index in [0.717, 1.165) is 6.07 Å². The molecule has 0 saturated carbocycles. The number of halogens is 1. The van der Waals surface area contributed by atoms with Gasteiger partial charge in [0.25, 0.3) is 10.2 Å². The van der Waals surface area contributed by atoms with Gasteiger partial charge in [0.2, 0.25) is 10.0 Å². The molecule has 0 atom stereocenters. The average molecular weight is 286 g/mol. The highest BCUT2D eigenvalue weighted by molar-refractivity contribution is 7.90. The number of nitrogens with two attached hydrogens (primary N) is 2. The van der Waals surface area contributed by atoms with E-state index in [1.54, 1.807) is 0 Å². The molecule has 0 saturated heterocycles. The second kappa shape index (κ2) is 4.18. The zero-order chi connectivity index (χ0) is 12.6. The molecule has 0 heterocycles. The van der Waals surface area contributed by atoms with Gasteiger partial charge >= 0.3 is 0 Å². The fourth-order valence-corrected chi connectivity index (χ4v) is 2.48. The number of nitrogens with one attached hydrogen (secondary N) is 1. The maximum absolute atomic E-state index is 11.1. The van der Waals surface area contributed by atoms with Gasteiger partial charge in [-0.25, -0.2) is 18.7 Å². The molecule has 0 aliphatic rings. The Morgan fingerprint density at radius 1 is 1.12 bits per heavy atom. The SMILES string of the molecule is NS(=O)(=O)Nc1ccc(Cl)c(S(N)(=O)=O)c1. The number of primary sulfonamides is 1. The predicted molar refractivity (Wildman–Crippen MR) is 59.6 cm³/mol. The predicted octanol–water partition coefficient (Wildman–Crippen LogP) is -0.397. The molecule has 90 valence electrons. The summed E-state index contributed by atoms with van der Waals surface area (Å²) in [5.74, 6) is 0. The van der Waals surface area contributed by atoms with Crippen LogP contribution in [0.25, 0.3) is 0 Å². The van der Waals surface area contributed by atoms with Crippen molar-refractivity contribution in [3.63, 3.8) is 0 Å². The molecular formula is C6H8ClN3O4S2. The Kier molecular flexibility index (Phi) is 3.45. The molecule has 1 aromatic carbocycles. The Morgan fingerprint density at radius 2 is 1.69 bits per heavy atom. The number of hydrogen-bond donors (Lipinski definition) is 3. The molecule has 0 aliphatic carbocycles. The third-order valence-electron chi connectivity index (χ3n) is 1.50. The van der Waals surface area contributed by atoms with Crippen LogP contribution in [0.2, 0.25) is 5.02 Å². The number of anilines is 1. The highest BCUT2D eigenvalue weighted by atomic mass is 35.5. The Morgan fingerprint density at radius 3 is 2.12 bits per heavy atom. The lowest BCUT2D eigenvalue weighted by Gasteiger charge is -2.06. The van der Waals surface area contributed by atoms with Gasteiger partial charge in [0.15, 0.2) is 0 Å². The second-order valence-electron chi connectivity index (χ2n) is 2.84. The zero-order valence-corrected chi connectivity index (χ0v) is 10.1. The van der Waals surface area contributed by atoms with Gasteiger partial charge < -0.3 is 0 Å². The number of hydrogen-bond acceptors (Lipinski definition) is 4. The lowest BCUT2D eigenvalue weighted by atomic mass is 10.3. The van der Waals surface area contributed by atoms with Crippen molar-refractivity contribution < 1.29 is 16.8 Å². The molecule has 10 heteroatoms. The fourth-order valence-electron chi connectivity index (χ4n) is 0.949. The summed E-state index contributed by atoms with van der Waals surface area (Å²) >= 11 is 5.58. The highest BCUT2D eigenvalue weighted by Crippen LogP contribution is 2.24. The molecule has 7 nitrogen and oxygen atoms in total. The lowest BCUT2D eigenvalue weighted by Crippen LogP contribution is -2.22. The van der Waals surface area contributed by atoms with E-state index in [1.165, 1.54) is 12.1 Å². The smallest absolute Gasteiger partial charge is 0.271 e. The Hall–Kier alpha value is -0.870. The molecule has 0 unspecified atom stereocenters. The Bertz CT molecular complexity index is 611. The van der Waals surface area contributed by atoms with Gasteiger partial charge in [0, 0.05) is 0 Å². The highest BCUT2D eigenvalue weighted by Gasteiger charge is 2.14. The summed E-state index contributed by atoms with van der Waals surface area (Å²) < 4.78 is 45.4. The quantitative estimate of drug-likeness (QED) is 0.697. The topological polar surface area (TPSA) is 132 Å². The van der Waals surface area contributed by atoms with Gasteiger partial charge in [0.05, 0.1) is 10.7 Å². The van der Waals surface area contributed by atoms with Crippen LogP contribution in [0.15, 0.2) is 23.1 Å². The molecule has 0 aliphatic heterocycles. The maximum atomic E-state index is 11.1. The number of rotatable bonds is 3. The van der Waals surface area contributed by atoms with Gasteiger partial charge in [-0.05, 0) is 18.2 Å². The van der Waals surface area contributed by atoms with Crippen LogP contribution >= 0.6 is 11.6 Å². The van der Waals surface area contributed by atoms with Crippen LogP contribution in [0.5, 0.6) is 0 Å². The minimum atomic E-state index is -4.02. The van der Waals surface area contributed by atoms with Crippen LogP contribution in [0.1, 0.15) is 0 Å². The first-order valence-corrected chi connectivity index (χ1v) is 7.19. The number of benzene rings is 1. The van der Waals surface area contributed by atoms with Crippen LogP contribution in [0.4, 0.5) is 5.69 Å². The van der Waals surface area contributed by atoms with E-state index in [1.807, 2.05) is 4.72 Å². The van der Waals surface area contributed by atoms with Gasteiger partial charge in [-0.15, -0.1) is 0 Å². The lowest BCUT2D eigenvalue weighted by molar-refractivity contribution is 0.596. The summed E-state index contributed by atoms with van der Waals surface area (Å²) in [5, 5.41) is 9.47. The molecule has 0 amide bonds. The molecule has 1 aromatic rings. The zero-order valence-electron chi connectivity index (χ0n) is 7.71. The van der Waals surface area contributed by atoms with E-state index in [-0.39, 0.29) is 15.6 Å². The minimum Gasteiger partial charge on any atom is -0.271 e. The summed E-state index contributed by atoms with van der Waals surface area (Å²) in [4.78, 5) is -0.386. The van der Waals surface area contributed by atoms with E-state index < -0.39 is 20.2 Å². The van der Waals surface area contributed by atoms with Crippen LogP contribution in [0.3, 0.4) is 0 Å². The Balaban J connectivity index is 3.29. The molecular weight excluding hydrogens is 278 g/mol. The third kappa shape index (κ3) is 3.61.